The number of fused-ring (bicyclic) bond motifs is 1. The first-order valence-corrected chi connectivity index (χ1v) is 6.78. The van der Waals surface area contributed by atoms with Gasteiger partial charge in [-0.05, 0) is 27.6 Å². The van der Waals surface area contributed by atoms with E-state index in [4.69, 9.17) is 10.5 Å². The van der Waals surface area contributed by atoms with Crippen LogP contribution in [-0.4, -0.2) is 22.6 Å². The van der Waals surface area contributed by atoms with Crippen LogP contribution in [0, 0.1) is 0 Å². The molecule has 5 nitrogen and oxygen atoms in total. The monoisotopic (exact) mass is 320 g/mol. The molecule has 1 atom stereocenters. The molecule has 98 valence electrons. The van der Waals surface area contributed by atoms with Crippen molar-refractivity contribution in [1.29, 1.82) is 0 Å². The van der Waals surface area contributed by atoms with Gasteiger partial charge in [0.2, 0.25) is 0 Å². The Morgan fingerprint density at radius 2 is 2.21 bits per heavy atom. The number of anilines is 2. The summed E-state index contributed by atoms with van der Waals surface area (Å²) in [5.41, 5.74) is 6.95. The molecule has 1 aromatic carbocycles. The minimum atomic E-state index is 0.112. The summed E-state index contributed by atoms with van der Waals surface area (Å²) in [6, 6.07) is 8.10. The lowest BCUT2D eigenvalue weighted by Crippen LogP contribution is -2.24. The topological polar surface area (TPSA) is 73.1 Å². The molecule has 3 rings (SSSR count). The highest BCUT2D eigenvalue weighted by molar-refractivity contribution is 9.10. The lowest BCUT2D eigenvalue weighted by Gasteiger charge is -2.13. The molecule has 1 unspecified atom stereocenters. The summed E-state index contributed by atoms with van der Waals surface area (Å²) in [5, 5.41) is 3.23. The highest BCUT2D eigenvalue weighted by atomic mass is 79.9. The number of halogens is 1. The average Bonchev–Trinajstić information content (AvgIpc) is 2.83. The fourth-order valence-electron chi connectivity index (χ4n) is 2.08. The molecule has 0 radical (unpaired) electrons. The second-order valence-corrected chi connectivity index (χ2v) is 5.15. The van der Waals surface area contributed by atoms with Gasteiger partial charge < -0.3 is 15.8 Å². The Balaban J connectivity index is 1.64. The minimum absolute atomic E-state index is 0.112. The SMILES string of the molecule is Nc1ncnc(NCC2Cc3ccccc3O2)c1Br. The summed E-state index contributed by atoms with van der Waals surface area (Å²) < 4.78 is 6.53. The highest BCUT2D eigenvalue weighted by Crippen LogP contribution is 2.29. The number of nitrogen functional groups attached to an aromatic ring is 1. The van der Waals surface area contributed by atoms with Crippen LogP contribution in [0.25, 0.3) is 0 Å². The van der Waals surface area contributed by atoms with E-state index in [0.717, 1.165) is 12.2 Å². The van der Waals surface area contributed by atoms with E-state index in [1.165, 1.54) is 11.9 Å². The van der Waals surface area contributed by atoms with Crippen molar-refractivity contribution in [3.05, 3.63) is 40.6 Å². The number of hydrogen-bond acceptors (Lipinski definition) is 5. The fraction of sp³-hybridized carbons (Fsp3) is 0.231. The van der Waals surface area contributed by atoms with Gasteiger partial charge in [-0.1, -0.05) is 18.2 Å². The second-order valence-electron chi connectivity index (χ2n) is 4.35. The normalized spacial score (nSPS) is 16.8. The largest absolute Gasteiger partial charge is 0.488 e. The molecule has 0 saturated carbocycles. The molecule has 6 heteroatoms. The molecule has 0 saturated heterocycles. The molecule has 0 fully saturated rings. The summed E-state index contributed by atoms with van der Waals surface area (Å²) in [6.45, 7) is 0.670. The van der Waals surface area contributed by atoms with Gasteiger partial charge in [-0.15, -0.1) is 0 Å². The van der Waals surface area contributed by atoms with Gasteiger partial charge >= 0.3 is 0 Å². The molecule has 1 aliphatic heterocycles. The van der Waals surface area contributed by atoms with Gasteiger partial charge in [0.25, 0.3) is 0 Å². The average molecular weight is 321 g/mol. The van der Waals surface area contributed by atoms with Crippen LogP contribution in [0.4, 0.5) is 11.6 Å². The van der Waals surface area contributed by atoms with Gasteiger partial charge in [-0.3, -0.25) is 0 Å². The van der Waals surface area contributed by atoms with Crippen molar-refractivity contribution in [3.8, 4) is 5.75 Å². The van der Waals surface area contributed by atoms with Crippen LogP contribution < -0.4 is 15.8 Å². The Morgan fingerprint density at radius 1 is 1.37 bits per heavy atom. The number of benzene rings is 1. The van der Waals surface area contributed by atoms with E-state index in [-0.39, 0.29) is 6.10 Å². The van der Waals surface area contributed by atoms with Crippen molar-refractivity contribution in [2.45, 2.75) is 12.5 Å². The van der Waals surface area contributed by atoms with E-state index < -0.39 is 0 Å². The van der Waals surface area contributed by atoms with Gasteiger partial charge in [-0.25, -0.2) is 9.97 Å². The summed E-state index contributed by atoms with van der Waals surface area (Å²) >= 11 is 3.36. The van der Waals surface area contributed by atoms with Crippen LogP contribution in [0.2, 0.25) is 0 Å². The molecule has 3 N–H and O–H groups in total. The lowest BCUT2D eigenvalue weighted by molar-refractivity contribution is 0.246. The quantitative estimate of drug-likeness (QED) is 0.907. The first kappa shape index (κ1) is 12.2. The Labute approximate surface area is 119 Å². The third kappa shape index (κ3) is 2.49. The van der Waals surface area contributed by atoms with Crippen molar-refractivity contribution < 1.29 is 4.74 Å². The van der Waals surface area contributed by atoms with Gasteiger partial charge in [0.05, 0.1) is 6.54 Å². The van der Waals surface area contributed by atoms with E-state index in [0.29, 0.717) is 22.7 Å². The molecule has 0 bridgehead atoms. The number of nitrogens with two attached hydrogens (primary N) is 1. The van der Waals surface area contributed by atoms with Crippen LogP contribution in [0.3, 0.4) is 0 Å². The summed E-state index contributed by atoms with van der Waals surface area (Å²) in [7, 11) is 0. The maximum Gasteiger partial charge on any atom is 0.146 e. The zero-order valence-corrected chi connectivity index (χ0v) is 11.7. The number of rotatable bonds is 3. The molecule has 0 spiro atoms. The molecule has 2 aromatic rings. The van der Waals surface area contributed by atoms with Crippen LogP contribution in [0.15, 0.2) is 35.1 Å². The zero-order chi connectivity index (χ0) is 13.2. The van der Waals surface area contributed by atoms with Crippen LogP contribution in [0.5, 0.6) is 5.75 Å². The van der Waals surface area contributed by atoms with Gasteiger partial charge in [0.1, 0.15) is 34.3 Å². The molecule has 2 heterocycles. The van der Waals surface area contributed by atoms with E-state index >= 15 is 0 Å². The zero-order valence-electron chi connectivity index (χ0n) is 10.1. The van der Waals surface area contributed by atoms with E-state index in [1.54, 1.807) is 0 Å². The van der Waals surface area contributed by atoms with Crippen LogP contribution in [-0.2, 0) is 6.42 Å². The van der Waals surface area contributed by atoms with Crippen LogP contribution in [0.1, 0.15) is 5.56 Å². The van der Waals surface area contributed by atoms with Crippen LogP contribution >= 0.6 is 15.9 Å². The van der Waals surface area contributed by atoms with Crippen molar-refractivity contribution in [2.24, 2.45) is 0 Å². The fourth-order valence-corrected chi connectivity index (χ4v) is 2.43. The predicted molar refractivity (Wildman–Crippen MR) is 77.2 cm³/mol. The Kier molecular flexibility index (Phi) is 3.25. The lowest BCUT2D eigenvalue weighted by atomic mass is 10.1. The number of hydrogen-bond donors (Lipinski definition) is 2. The minimum Gasteiger partial charge on any atom is -0.488 e. The Hall–Kier alpha value is -1.82. The van der Waals surface area contributed by atoms with Gasteiger partial charge in [-0.2, -0.15) is 0 Å². The van der Waals surface area contributed by atoms with Gasteiger partial charge in [0.15, 0.2) is 0 Å². The maximum atomic E-state index is 5.85. The van der Waals surface area contributed by atoms with E-state index in [2.05, 4.69) is 37.3 Å². The summed E-state index contributed by atoms with van der Waals surface area (Å²) in [4.78, 5) is 8.04. The number of para-hydroxylation sites is 1. The molecule has 1 aromatic heterocycles. The molecule has 0 amide bonds. The van der Waals surface area contributed by atoms with E-state index in [9.17, 15) is 0 Å². The Bertz CT molecular complexity index is 580. The van der Waals surface area contributed by atoms with Crippen molar-refractivity contribution in [2.75, 3.05) is 17.6 Å². The van der Waals surface area contributed by atoms with E-state index in [1.807, 2.05) is 18.2 Å². The number of nitrogens with one attached hydrogen (secondary N) is 1. The number of ether oxygens (including phenoxy) is 1. The smallest absolute Gasteiger partial charge is 0.146 e. The number of aromatic nitrogens is 2. The van der Waals surface area contributed by atoms with Crippen molar-refractivity contribution >= 4 is 27.6 Å². The standard InChI is InChI=1S/C13H13BrN4O/c14-11-12(15)17-7-18-13(11)16-6-9-5-8-3-1-2-4-10(8)19-9/h1-4,7,9H,5-6H2,(H3,15,16,17,18). The first-order valence-electron chi connectivity index (χ1n) is 5.98. The highest BCUT2D eigenvalue weighted by Gasteiger charge is 2.22. The maximum absolute atomic E-state index is 5.85. The summed E-state index contributed by atoms with van der Waals surface area (Å²) in [6.07, 6.45) is 2.45. The van der Waals surface area contributed by atoms with Crippen molar-refractivity contribution in [3.63, 3.8) is 0 Å². The first-order chi connectivity index (χ1) is 9.24. The van der Waals surface area contributed by atoms with Crippen molar-refractivity contribution in [1.82, 2.24) is 9.97 Å². The molecule has 1 aliphatic rings. The summed E-state index contributed by atoms with van der Waals surface area (Å²) in [5.74, 6) is 2.08. The third-order valence-electron chi connectivity index (χ3n) is 3.03. The number of nitrogens with zero attached hydrogens (tertiary/aromatic N) is 2. The third-order valence-corrected chi connectivity index (χ3v) is 3.81. The molecule has 0 aliphatic carbocycles. The molecular weight excluding hydrogens is 308 g/mol. The molecule has 19 heavy (non-hydrogen) atoms. The molecular formula is C13H13BrN4O. The van der Waals surface area contributed by atoms with Gasteiger partial charge in [0, 0.05) is 6.42 Å². The second kappa shape index (κ2) is 5.05. The predicted octanol–water partition coefficient (Wildman–Crippen LogP) is 2.24. The Morgan fingerprint density at radius 3 is 3.05 bits per heavy atom.